The molecular weight excluding hydrogens is 289 g/mol. The van der Waals surface area contributed by atoms with Gasteiger partial charge in [0.15, 0.2) is 0 Å². The Hall–Kier alpha value is -0.540. The van der Waals surface area contributed by atoms with Crippen molar-refractivity contribution in [3.05, 3.63) is 34.9 Å². The van der Waals surface area contributed by atoms with Gasteiger partial charge in [-0.3, -0.25) is 4.79 Å². The Labute approximate surface area is 110 Å². The Balaban J connectivity index is 2.26. The summed E-state index contributed by atoms with van der Waals surface area (Å²) in [6.45, 7) is 0.748. The minimum Gasteiger partial charge on any atom is -0.356 e. The van der Waals surface area contributed by atoms with Crippen LogP contribution in [-0.2, 0) is 11.2 Å². The van der Waals surface area contributed by atoms with Crippen molar-refractivity contribution in [3.8, 4) is 0 Å². The molecule has 0 spiro atoms. The minimum atomic E-state index is 0.0666. The lowest BCUT2D eigenvalue weighted by Crippen LogP contribution is -2.26. The molecule has 1 amide bonds. The summed E-state index contributed by atoms with van der Waals surface area (Å²) < 4.78 is 0. The number of unbranched alkanes of at least 4 members (excludes halogenated alkanes) is 1. The number of carbonyl (C=O) groups is 1. The molecule has 0 heterocycles. The van der Waals surface area contributed by atoms with Crippen molar-refractivity contribution < 1.29 is 4.79 Å². The van der Waals surface area contributed by atoms with Crippen LogP contribution in [0.1, 0.15) is 18.4 Å². The van der Waals surface area contributed by atoms with Gasteiger partial charge in [0, 0.05) is 16.9 Å². The summed E-state index contributed by atoms with van der Waals surface area (Å²) >= 11 is 9.11. The molecule has 0 aromatic heterocycles. The van der Waals surface area contributed by atoms with Crippen molar-refractivity contribution >= 4 is 33.4 Å². The Morgan fingerprint density at radius 3 is 2.56 bits per heavy atom. The van der Waals surface area contributed by atoms with E-state index in [4.69, 9.17) is 11.6 Å². The highest BCUT2D eigenvalue weighted by atomic mass is 79.9. The lowest BCUT2D eigenvalue weighted by atomic mass is 10.1. The Kier molecular flexibility index (Phi) is 6.50. The summed E-state index contributed by atoms with van der Waals surface area (Å²) in [5.74, 6) is 0.0666. The first-order valence-corrected chi connectivity index (χ1v) is 6.79. The molecule has 0 radical (unpaired) electrons. The number of benzene rings is 1. The predicted octanol–water partition coefficient (Wildman–Crippen LogP) is 3.17. The van der Waals surface area contributed by atoms with E-state index < -0.39 is 0 Å². The number of rotatable bonds is 6. The van der Waals surface area contributed by atoms with Gasteiger partial charge >= 0.3 is 0 Å². The van der Waals surface area contributed by atoms with Gasteiger partial charge < -0.3 is 5.32 Å². The predicted molar refractivity (Wildman–Crippen MR) is 71.2 cm³/mol. The van der Waals surface area contributed by atoms with Crippen LogP contribution in [0, 0.1) is 0 Å². The summed E-state index contributed by atoms with van der Waals surface area (Å²) in [6, 6.07) is 7.35. The molecule has 2 nitrogen and oxygen atoms in total. The molecule has 0 saturated carbocycles. The van der Waals surface area contributed by atoms with E-state index in [0.29, 0.717) is 11.4 Å². The minimum absolute atomic E-state index is 0.0666. The summed E-state index contributed by atoms with van der Waals surface area (Å²) in [5, 5.41) is 4.57. The highest BCUT2D eigenvalue weighted by Crippen LogP contribution is 2.09. The van der Waals surface area contributed by atoms with Gasteiger partial charge in [-0.15, -0.1) is 0 Å². The zero-order valence-corrected chi connectivity index (χ0v) is 11.4. The highest BCUT2D eigenvalue weighted by Gasteiger charge is 2.02. The third-order valence-electron chi connectivity index (χ3n) is 2.16. The van der Waals surface area contributed by atoms with E-state index in [2.05, 4.69) is 21.2 Å². The fraction of sp³-hybridized carbons (Fsp3) is 0.417. The monoisotopic (exact) mass is 303 g/mol. The molecule has 1 aromatic rings. The van der Waals surface area contributed by atoms with Crippen LogP contribution in [-0.4, -0.2) is 17.8 Å². The standard InChI is InChI=1S/C12H15BrClNO/c13-7-1-2-8-15-12(16)9-10-3-5-11(14)6-4-10/h3-6H,1-2,7-9H2,(H,15,16). The Morgan fingerprint density at radius 2 is 1.94 bits per heavy atom. The first-order valence-electron chi connectivity index (χ1n) is 5.29. The second-order valence-corrected chi connectivity index (χ2v) is 4.78. The summed E-state index contributed by atoms with van der Waals surface area (Å²) in [4.78, 5) is 11.5. The zero-order chi connectivity index (χ0) is 11.8. The zero-order valence-electron chi connectivity index (χ0n) is 9.01. The third-order valence-corrected chi connectivity index (χ3v) is 2.97. The SMILES string of the molecule is O=C(Cc1ccc(Cl)cc1)NCCCCBr. The van der Waals surface area contributed by atoms with E-state index in [1.54, 1.807) is 12.1 Å². The van der Waals surface area contributed by atoms with Crippen molar-refractivity contribution in [2.24, 2.45) is 0 Å². The van der Waals surface area contributed by atoms with Crippen LogP contribution in [0.15, 0.2) is 24.3 Å². The number of halogens is 2. The third kappa shape index (κ3) is 5.52. The molecule has 0 bridgehead atoms. The van der Waals surface area contributed by atoms with E-state index in [9.17, 15) is 4.79 Å². The maximum atomic E-state index is 11.5. The molecule has 1 N–H and O–H groups in total. The van der Waals surface area contributed by atoms with Crippen LogP contribution < -0.4 is 5.32 Å². The maximum absolute atomic E-state index is 11.5. The van der Waals surface area contributed by atoms with E-state index in [1.165, 1.54) is 0 Å². The summed E-state index contributed by atoms with van der Waals surface area (Å²) in [7, 11) is 0. The maximum Gasteiger partial charge on any atom is 0.224 e. The van der Waals surface area contributed by atoms with Gasteiger partial charge in [-0.2, -0.15) is 0 Å². The largest absolute Gasteiger partial charge is 0.356 e. The number of carbonyl (C=O) groups excluding carboxylic acids is 1. The smallest absolute Gasteiger partial charge is 0.224 e. The number of amides is 1. The second-order valence-electron chi connectivity index (χ2n) is 3.55. The molecule has 0 atom stereocenters. The Morgan fingerprint density at radius 1 is 1.25 bits per heavy atom. The fourth-order valence-electron chi connectivity index (χ4n) is 1.30. The molecule has 0 unspecified atom stereocenters. The highest BCUT2D eigenvalue weighted by molar-refractivity contribution is 9.09. The van der Waals surface area contributed by atoms with E-state index >= 15 is 0 Å². The number of nitrogens with one attached hydrogen (secondary N) is 1. The average molecular weight is 305 g/mol. The molecule has 0 aliphatic heterocycles. The van der Waals surface area contributed by atoms with Gasteiger partial charge in [-0.05, 0) is 30.5 Å². The first-order chi connectivity index (χ1) is 7.72. The molecule has 0 saturated heterocycles. The first kappa shape index (κ1) is 13.5. The lowest BCUT2D eigenvalue weighted by Gasteiger charge is -2.04. The fourth-order valence-corrected chi connectivity index (χ4v) is 1.82. The number of alkyl halides is 1. The number of hydrogen-bond donors (Lipinski definition) is 1. The molecule has 0 fully saturated rings. The van der Waals surface area contributed by atoms with Crippen molar-refractivity contribution in [3.63, 3.8) is 0 Å². The van der Waals surface area contributed by atoms with Gasteiger partial charge in [-0.1, -0.05) is 39.7 Å². The van der Waals surface area contributed by atoms with Gasteiger partial charge in [0.2, 0.25) is 5.91 Å². The second kappa shape index (κ2) is 7.69. The van der Waals surface area contributed by atoms with Gasteiger partial charge in [0.05, 0.1) is 6.42 Å². The topological polar surface area (TPSA) is 29.1 Å². The van der Waals surface area contributed by atoms with E-state index in [1.807, 2.05) is 12.1 Å². The molecule has 88 valence electrons. The van der Waals surface area contributed by atoms with Crippen molar-refractivity contribution in [2.75, 3.05) is 11.9 Å². The molecule has 0 aliphatic rings. The molecule has 0 aliphatic carbocycles. The molecular formula is C12H15BrClNO. The van der Waals surface area contributed by atoms with Crippen LogP contribution in [0.3, 0.4) is 0 Å². The quantitative estimate of drug-likeness (QED) is 0.635. The van der Waals surface area contributed by atoms with Gasteiger partial charge in [0.1, 0.15) is 0 Å². The lowest BCUT2D eigenvalue weighted by molar-refractivity contribution is -0.120. The van der Waals surface area contributed by atoms with Crippen LogP contribution in [0.25, 0.3) is 0 Å². The van der Waals surface area contributed by atoms with Crippen molar-refractivity contribution in [1.29, 1.82) is 0 Å². The Bertz CT molecular complexity index is 326. The molecule has 16 heavy (non-hydrogen) atoms. The molecule has 1 rings (SSSR count). The van der Waals surface area contributed by atoms with Gasteiger partial charge in [0.25, 0.3) is 0 Å². The van der Waals surface area contributed by atoms with E-state index in [-0.39, 0.29) is 5.91 Å². The van der Waals surface area contributed by atoms with Crippen LogP contribution in [0.2, 0.25) is 5.02 Å². The van der Waals surface area contributed by atoms with Crippen molar-refractivity contribution in [1.82, 2.24) is 5.32 Å². The number of hydrogen-bond acceptors (Lipinski definition) is 1. The van der Waals surface area contributed by atoms with Crippen LogP contribution in [0.5, 0.6) is 0 Å². The van der Waals surface area contributed by atoms with Crippen molar-refractivity contribution in [2.45, 2.75) is 19.3 Å². The molecule has 4 heteroatoms. The summed E-state index contributed by atoms with van der Waals surface area (Å²) in [5.41, 5.74) is 0.988. The summed E-state index contributed by atoms with van der Waals surface area (Å²) in [6.07, 6.45) is 2.52. The van der Waals surface area contributed by atoms with Crippen LogP contribution >= 0.6 is 27.5 Å². The molecule has 1 aromatic carbocycles. The average Bonchev–Trinajstić information content (AvgIpc) is 2.28. The van der Waals surface area contributed by atoms with E-state index in [0.717, 1.165) is 30.3 Å². The van der Waals surface area contributed by atoms with Gasteiger partial charge in [-0.25, -0.2) is 0 Å². The normalized spacial score (nSPS) is 10.1. The van der Waals surface area contributed by atoms with Crippen LogP contribution in [0.4, 0.5) is 0 Å².